The highest BCUT2D eigenvalue weighted by Crippen LogP contribution is 2.37. The van der Waals surface area contributed by atoms with Crippen LogP contribution in [0, 0.1) is 0 Å². The van der Waals surface area contributed by atoms with Gasteiger partial charge in [0.25, 0.3) is 0 Å². The molecule has 0 N–H and O–H groups in total. The average Bonchev–Trinajstić information content (AvgIpc) is 2.99. The Bertz CT molecular complexity index is 1460. The zero-order valence-corrected chi connectivity index (χ0v) is 26.4. The minimum Gasteiger partial charge on any atom is -0.490 e. The predicted molar refractivity (Wildman–Crippen MR) is 170 cm³/mol. The van der Waals surface area contributed by atoms with Gasteiger partial charge in [0.2, 0.25) is 0 Å². The molecule has 0 aliphatic carbocycles. The van der Waals surface area contributed by atoms with Gasteiger partial charge in [0.15, 0.2) is 11.5 Å². The second-order valence-electron chi connectivity index (χ2n) is 9.48. The number of esters is 2. The third kappa shape index (κ3) is 8.36. The quantitative estimate of drug-likeness (QED) is 0.112. The van der Waals surface area contributed by atoms with Crippen molar-refractivity contribution in [1.82, 2.24) is 0 Å². The molecule has 10 heteroatoms. The maximum Gasteiger partial charge on any atom is 0.338 e. The summed E-state index contributed by atoms with van der Waals surface area (Å²) in [6.07, 6.45) is 1.38. The Morgan fingerprint density at radius 2 is 0.930 bits per heavy atom. The van der Waals surface area contributed by atoms with Crippen molar-refractivity contribution in [1.29, 1.82) is 0 Å². The number of carbonyl (C=O) groups is 2. The molecule has 0 unspecified atom stereocenters. The maximum absolute atomic E-state index is 12.1. The first kappa shape index (κ1) is 32.5. The largest absolute Gasteiger partial charge is 0.490 e. The molecule has 4 aromatic carbocycles. The van der Waals surface area contributed by atoms with Gasteiger partial charge < -0.3 is 18.9 Å². The number of ether oxygens (including phenoxy) is 4. The fourth-order valence-electron chi connectivity index (χ4n) is 4.52. The minimum atomic E-state index is -0.408. The fourth-order valence-corrected chi connectivity index (χ4v) is 5.80. The van der Waals surface area contributed by atoms with Crippen molar-refractivity contribution in [2.24, 2.45) is 0 Å². The molecule has 0 aliphatic heterocycles. The summed E-state index contributed by atoms with van der Waals surface area (Å²) < 4.78 is 21.5. The minimum absolute atomic E-state index is 0.279. The SMILES string of the molecule is COC(=O)c1ccccc1Cc1cc(Cl)c(OCCCOc2c(Cl)cc(Cc3ccccc3C(=O)OC)cc2Cl)c(Cl)c1. The summed E-state index contributed by atoms with van der Waals surface area (Å²) in [5.74, 6) is -0.0910. The third-order valence-corrected chi connectivity index (χ3v) is 7.66. The number of carbonyl (C=O) groups excluding carboxylic acids is 2. The molecular formula is C33H28Cl4O6. The lowest BCUT2D eigenvalue weighted by Gasteiger charge is -2.15. The van der Waals surface area contributed by atoms with Gasteiger partial charge >= 0.3 is 11.9 Å². The fraction of sp³-hybridized carbons (Fsp3) is 0.212. The highest BCUT2D eigenvalue weighted by molar-refractivity contribution is 6.37. The Hall–Kier alpha value is -3.42. The Kier molecular flexibility index (Phi) is 11.6. The molecule has 0 atom stereocenters. The van der Waals surface area contributed by atoms with Gasteiger partial charge in [-0.3, -0.25) is 0 Å². The van der Waals surface area contributed by atoms with Gasteiger partial charge in [-0.1, -0.05) is 82.8 Å². The number of benzene rings is 4. The van der Waals surface area contributed by atoms with Gasteiger partial charge in [-0.2, -0.15) is 0 Å². The Morgan fingerprint density at radius 1 is 0.581 bits per heavy atom. The molecule has 0 radical (unpaired) electrons. The highest BCUT2D eigenvalue weighted by Gasteiger charge is 2.16. The number of hydrogen-bond acceptors (Lipinski definition) is 6. The van der Waals surface area contributed by atoms with E-state index in [0.29, 0.717) is 62.0 Å². The normalized spacial score (nSPS) is 10.7. The summed E-state index contributed by atoms with van der Waals surface area (Å²) in [6, 6.07) is 21.5. The molecule has 4 aromatic rings. The van der Waals surface area contributed by atoms with Crippen LogP contribution in [0.25, 0.3) is 0 Å². The van der Waals surface area contributed by atoms with Crippen LogP contribution in [-0.2, 0) is 22.3 Å². The van der Waals surface area contributed by atoms with Gasteiger partial charge in [-0.25, -0.2) is 9.59 Å². The first-order chi connectivity index (χ1) is 20.7. The number of rotatable bonds is 12. The van der Waals surface area contributed by atoms with Crippen molar-refractivity contribution in [2.75, 3.05) is 27.4 Å². The lowest BCUT2D eigenvalue weighted by atomic mass is 9.99. The van der Waals surface area contributed by atoms with E-state index in [9.17, 15) is 9.59 Å². The van der Waals surface area contributed by atoms with Gasteiger partial charge in [0.05, 0.1) is 58.7 Å². The van der Waals surface area contributed by atoms with Crippen LogP contribution in [0.3, 0.4) is 0 Å². The van der Waals surface area contributed by atoms with Gasteiger partial charge in [-0.15, -0.1) is 0 Å². The van der Waals surface area contributed by atoms with Gasteiger partial charge in [-0.05, 0) is 71.5 Å². The standard InChI is InChI=1S/C33H28Cl4O6/c1-40-32(38)24-10-5-3-8-22(24)14-20-16-26(34)30(27(35)17-20)42-12-7-13-43-31-28(36)18-21(19-29(31)37)15-23-9-4-6-11-25(23)33(39)41-2/h3-6,8-11,16-19H,7,12-15H2,1-2H3. The lowest BCUT2D eigenvalue weighted by molar-refractivity contribution is 0.0590. The molecule has 0 spiro atoms. The summed E-state index contributed by atoms with van der Waals surface area (Å²) in [5.41, 5.74) is 4.20. The number of methoxy groups -OCH3 is 2. The second kappa shape index (κ2) is 15.3. The van der Waals surface area contributed by atoms with Gasteiger partial charge in [0, 0.05) is 6.42 Å². The molecule has 0 fully saturated rings. The van der Waals surface area contributed by atoms with Crippen LogP contribution in [0.1, 0.15) is 49.4 Å². The zero-order valence-electron chi connectivity index (χ0n) is 23.4. The first-order valence-electron chi connectivity index (χ1n) is 13.3. The first-order valence-corrected chi connectivity index (χ1v) is 14.8. The second-order valence-corrected chi connectivity index (χ2v) is 11.1. The van der Waals surface area contributed by atoms with Crippen molar-refractivity contribution in [3.8, 4) is 11.5 Å². The summed E-state index contributed by atoms with van der Waals surface area (Å²) >= 11 is 26.0. The molecule has 224 valence electrons. The van der Waals surface area contributed by atoms with E-state index in [2.05, 4.69) is 0 Å². The van der Waals surface area contributed by atoms with E-state index in [1.165, 1.54) is 14.2 Å². The van der Waals surface area contributed by atoms with E-state index in [-0.39, 0.29) is 13.2 Å². The highest BCUT2D eigenvalue weighted by atomic mass is 35.5. The van der Waals surface area contributed by atoms with Crippen molar-refractivity contribution < 1.29 is 28.5 Å². The molecular weight excluding hydrogens is 634 g/mol. The Balaban J connectivity index is 1.33. The van der Waals surface area contributed by atoms with E-state index in [0.717, 1.165) is 22.3 Å². The molecule has 0 aromatic heterocycles. The molecule has 0 amide bonds. The molecule has 0 saturated carbocycles. The lowest BCUT2D eigenvalue weighted by Crippen LogP contribution is -2.07. The molecule has 0 heterocycles. The van der Waals surface area contributed by atoms with Crippen LogP contribution in [0.5, 0.6) is 11.5 Å². The smallest absolute Gasteiger partial charge is 0.338 e. The molecule has 0 saturated heterocycles. The summed E-state index contributed by atoms with van der Waals surface area (Å²) in [6.45, 7) is 0.559. The summed E-state index contributed by atoms with van der Waals surface area (Å²) in [7, 11) is 2.69. The monoisotopic (exact) mass is 660 g/mol. The van der Waals surface area contributed by atoms with E-state index < -0.39 is 11.9 Å². The van der Waals surface area contributed by atoms with E-state index in [1.54, 1.807) is 48.5 Å². The third-order valence-electron chi connectivity index (χ3n) is 6.53. The molecule has 0 aliphatic rings. The number of hydrogen-bond donors (Lipinski definition) is 0. The van der Waals surface area contributed by atoms with E-state index in [1.807, 2.05) is 24.3 Å². The predicted octanol–water partition coefficient (Wildman–Crippen LogP) is 8.90. The number of halogens is 4. The summed E-state index contributed by atoms with van der Waals surface area (Å²) in [4.78, 5) is 24.2. The average molecular weight is 662 g/mol. The van der Waals surface area contributed by atoms with Gasteiger partial charge in [0.1, 0.15) is 0 Å². The van der Waals surface area contributed by atoms with Crippen LogP contribution in [0.15, 0.2) is 72.8 Å². The van der Waals surface area contributed by atoms with Crippen LogP contribution < -0.4 is 9.47 Å². The maximum atomic E-state index is 12.1. The molecule has 4 rings (SSSR count). The Labute approximate surface area is 270 Å². The van der Waals surface area contributed by atoms with Crippen molar-refractivity contribution in [2.45, 2.75) is 19.3 Å². The van der Waals surface area contributed by atoms with Crippen LogP contribution in [0.2, 0.25) is 20.1 Å². The topological polar surface area (TPSA) is 71.1 Å². The molecule has 6 nitrogen and oxygen atoms in total. The van der Waals surface area contributed by atoms with E-state index in [4.69, 9.17) is 65.4 Å². The summed E-state index contributed by atoms with van der Waals surface area (Å²) in [5, 5.41) is 1.42. The van der Waals surface area contributed by atoms with Crippen LogP contribution in [-0.4, -0.2) is 39.4 Å². The van der Waals surface area contributed by atoms with Crippen molar-refractivity contribution in [3.05, 3.63) is 126 Å². The van der Waals surface area contributed by atoms with Crippen LogP contribution >= 0.6 is 46.4 Å². The molecule has 43 heavy (non-hydrogen) atoms. The van der Waals surface area contributed by atoms with Crippen molar-refractivity contribution in [3.63, 3.8) is 0 Å². The van der Waals surface area contributed by atoms with Crippen LogP contribution in [0.4, 0.5) is 0 Å². The Morgan fingerprint density at radius 3 is 1.28 bits per heavy atom. The van der Waals surface area contributed by atoms with Crippen molar-refractivity contribution >= 4 is 58.3 Å². The molecule has 0 bridgehead atoms. The van der Waals surface area contributed by atoms with E-state index >= 15 is 0 Å². The zero-order chi connectivity index (χ0) is 30.9.